The molecule has 8 heteroatoms. The Morgan fingerprint density at radius 2 is 1.73 bits per heavy atom. The maximum Gasteiger partial charge on any atom is 0.267 e. The summed E-state index contributed by atoms with van der Waals surface area (Å²) in [6.45, 7) is 9.27. The summed E-state index contributed by atoms with van der Waals surface area (Å²) in [6, 6.07) is 9.81. The number of pyridine rings is 1. The number of methoxy groups -OCH3 is 1. The van der Waals surface area contributed by atoms with Gasteiger partial charge < -0.3 is 14.4 Å². The zero-order valence-corrected chi connectivity index (χ0v) is 19.7. The summed E-state index contributed by atoms with van der Waals surface area (Å²) in [6.07, 6.45) is 1.70. The number of fused-ring (bicyclic) bond motifs is 1. The topological polar surface area (TPSA) is 75.2 Å². The van der Waals surface area contributed by atoms with Crippen LogP contribution in [0.1, 0.15) is 46.2 Å². The molecule has 33 heavy (non-hydrogen) atoms. The Kier molecular flexibility index (Phi) is 7.13. The first-order chi connectivity index (χ1) is 16.0. The normalized spacial score (nSPS) is 16.3. The molecular formula is C25H32N4O4. The lowest BCUT2D eigenvalue weighted by atomic mass is 10.1. The third-order valence-corrected chi connectivity index (χ3v) is 6.23. The molecular weight excluding hydrogens is 420 g/mol. The molecule has 4 rings (SSSR count). The summed E-state index contributed by atoms with van der Waals surface area (Å²) in [5.74, 6) is 0.634. The van der Waals surface area contributed by atoms with Gasteiger partial charge >= 0.3 is 0 Å². The van der Waals surface area contributed by atoms with Crippen molar-refractivity contribution in [3.8, 4) is 11.6 Å². The van der Waals surface area contributed by atoms with Gasteiger partial charge in [-0.1, -0.05) is 12.1 Å². The van der Waals surface area contributed by atoms with E-state index in [1.165, 1.54) is 4.90 Å². The molecule has 0 spiro atoms. The van der Waals surface area contributed by atoms with Gasteiger partial charge in [-0.3, -0.25) is 19.4 Å². The zero-order chi connectivity index (χ0) is 23.4. The molecule has 3 heterocycles. The number of carbonyl (C=O) groups is 2. The molecule has 0 aliphatic carbocycles. The second-order valence-corrected chi connectivity index (χ2v) is 8.39. The Balaban J connectivity index is 1.26. The lowest BCUT2D eigenvalue weighted by Crippen LogP contribution is -2.46. The number of hydrogen-bond donors (Lipinski definition) is 0. The minimum Gasteiger partial charge on any atom is -0.495 e. The molecule has 0 atom stereocenters. The second kappa shape index (κ2) is 10.2. The van der Waals surface area contributed by atoms with Crippen LogP contribution in [0.3, 0.4) is 0 Å². The predicted molar refractivity (Wildman–Crippen MR) is 126 cm³/mol. The number of piperazine rings is 1. The molecule has 2 aliphatic heterocycles. The molecule has 2 aliphatic rings. The molecule has 0 unspecified atom stereocenters. The fourth-order valence-electron chi connectivity index (χ4n) is 4.55. The maximum atomic E-state index is 12.9. The number of aromatic nitrogens is 1. The molecule has 2 amide bonds. The number of anilines is 1. The molecule has 1 saturated heterocycles. The quantitative estimate of drug-likeness (QED) is 0.428. The van der Waals surface area contributed by atoms with Crippen LogP contribution in [-0.2, 0) is 0 Å². The fraction of sp³-hybridized carbons (Fsp3) is 0.480. The minimum atomic E-state index is -0.295. The van der Waals surface area contributed by atoms with Crippen LogP contribution in [0.2, 0.25) is 0 Å². The van der Waals surface area contributed by atoms with E-state index in [4.69, 9.17) is 9.47 Å². The van der Waals surface area contributed by atoms with Crippen LogP contribution in [0.25, 0.3) is 0 Å². The number of aryl methyl sites for hydroxylation is 1. The van der Waals surface area contributed by atoms with E-state index in [0.29, 0.717) is 30.0 Å². The fourth-order valence-corrected chi connectivity index (χ4v) is 4.55. The molecule has 0 radical (unpaired) electrons. The van der Waals surface area contributed by atoms with Crippen LogP contribution in [0.5, 0.6) is 11.6 Å². The smallest absolute Gasteiger partial charge is 0.267 e. The molecule has 176 valence electrons. The van der Waals surface area contributed by atoms with Gasteiger partial charge in [0.25, 0.3) is 11.8 Å². The van der Waals surface area contributed by atoms with Gasteiger partial charge in [0.05, 0.1) is 25.0 Å². The average molecular weight is 453 g/mol. The zero-order valence-electron chi connectivity index (χ0n) is 19.7. The standard InChI is InChI=1S/C25H32N4O4/c1-4-33-23-22-19(17-18(2)26-23)24(30)29(25(22)31)12-8-7-11-27-13-15-28(16-14-27)20-9-5-6-10-21(20)32-3/h5-6,9-10,17H,4,7-8,11-16H2,1-3H3. The number of ether oxygens (including phenoxy) is 2. The number of nitrogens with zero attached hydrogens (tertiary/aromatic N) is 4. The number of para-hydroxylation sites is 2. The molecule has 1 fully saturated rings. The summed E-state index contributed by atoms with van der Waals surface area (Å²) in [4.78, 5) is 36.2. The van der Waals surface area contributed by atoms with E-state index in [1.54, 1.807) is 20.1 Å². The highest BCUT2D eigenvalue weighted by Gasteiger charge is 2.39. The van der Waals surface area contributed by atoms with E-state index >= 15 is 0 Å². The van der Waals surface area contributed by atoms with Crippen molar-refractivity contribution in [3.63, 3.8) is 0 Å². The van der Waals surface area contributed by atoms with Crippen molar-refractivity contribution >= 4 is 17.5 Å². The summed E-state index contributed by atoms with van der Waals surface area (Å²) < 4.78 is 11.0. The van der Waals surface area contributed by atoms with Crippen LogP contribution in [-0.4, -0.2) is 79.6 Å². The highest BCUT2D eigenvalue weighted by molar-refractivity contribution is 6.22. The predicted octanol–water partition coefficient (Wildman–Crippen LogP) is 3.00. The van der Waals surface area contributed by atoms with E-state index in [2.05, 4.69) is 20.9 Å². The Morgan fingerprint density at radius 1 is 1.00 bits per heavy atom. The minimum absolute atomic E-state index is 0.244. The molecule has 1 aromatic heterocycles. The summed E-state index contributed by atoms with van der Waals surface area (Å²) in [5, 5.41) is 0. The highest BCUT2D eigenvalue weighted by Crippen LogP contribution is 2.31. The Morgan fingerprint density at radius 3 is 2.45 bits per heavy atom. The van der Waals surface area contributed by atoms with E-state index in [-0.39, 0.29) is 17.7 Å². The number of carbonyl (C=O) groups excluding carboxylic acids is 2. The average Bonchev–Trinajstić information content (AvgIpc) is 3.06. The van der Waals surface area contributed by atoms with Crippen molar-refractivity contribution in [2.75, 3.05) is 57.9 Å². The molecule has 1 aromatic carbocycles. The molecule has 0 saturated carbocycles. The number of benzene rings is 1. The van der Waals surface area contributed by atoms with Crippen LogP contribution >= 0.6 is 0 Å². The van der Waals surface area contributed by atoms with Crippen molar-refractivity contribution in [3.05, 3.63) is 47.2 Å². The van der Waals surface area contributed by atoms with Gasteiger partial charge in [-0.2, -0.15) is 0 Å². The number of amides is 2. The monoisotopic (exact) mass is 452 g/mol. The van der Waals surface area contributed by atoms with Crippen molar-refractivity contribution in [2.45, 2.75) is 26.7 Å². The van der Waals surface area contributed by atoms with Crippen molar-refractivity contribution < 1.29 is 19.1 Å². The molecule has 0 N–H and O–H groups in total. The first-order valence-electron chi connectivity index (χ1n) is 11.6. The lowest BCUT2D eigenvalue weighted by Gasteiger charge is -2.36. The Hall–Kier alpha value is -3.13. The Bertz CT molecular complexity index is 1020. The van der Waals surface area contributed by atoms with Crippen LogP contribution in [0.4, 0.5) is 5.69 Å². The van der Waals surface area contributed by atoms with Crippen molar-refractivity contribution in [1.29, 1.82) is 0 Å². The van der Waals surface area contributed by atoms with Gasteiger partial charge in [0.1, 0.15) is 11.3 Å². The third-order valence-electron chi connectivity index (χ3n) is 6.23. The van der Waals surface area contributed by atoms with Gasteiger partial charge in [-0.25, -0.2) is 4.98 Å². The first-order valence-corrected chi connectivity index (χ1v) is 11.6. The first kappa shape index (κ1) is 23.0. The molecule has 8 nitrogen and oxygen atoms in total. The van der Waals surface area contributed by atoms with Crippen LogP contribution < -0.4 is 14.4 Å². The SMILES string of the molecule is CCOc1nc(C)cc2c1C(=O)N(CCCCN1CCN(c3ccccc3OC)CC1)C2=O. The van der Waals surface area contributed by atoms with Gasteiger partial charge in [0, 0.05) is 38.4 Å². The van der Waals surface area contributed by atoms with Gasteiger partial charge in [0.15, 0.2) is 0 Å². The van der Waals surface area contributed by atoms with E-state index in [0.717, 1.165) is 57.0 Å². The van der Waals surface area contributed by atoms with Gasteiger partial charge in [-0.05, 0) is 51.4 Å². The second-order valence-electron chi connectivity index (χ2n) is 8.39. The summed E-state index contributed by atoms with van der Waals surface area (Å²) in [7, 11) is 1.71. The van der Waals surface area contributed by atoms with Crippen molar-refractivity contribution in [1.82, 2.24) is 14.8 Å². The summed E-state index contributed by atoms with van der Waals surface area (Å²) in [5.41, 5.74) is 2.53. The van der Waals surface area contributed by atoms with Crippen LogP contribution in [0.15, 0.2) is 30.3 Å². The highest BCUT2D eigenvalue weighted by atomic mass is 16.5. The summed E-state index contributed by atoms with van der Waals surface area (Å²) >= 11 is 0. The van der Waals surface area contributed by atoms with E-state index in [1.807, 2.05) is 25.1 Å². The molecule has 2 aromatic rings. The van der Waals surface area contributed by atoms with Gasteiger partial charge in [0.2, 0.25) is 5.88 Å². The number of rotatable bonds is 9. The number of imide groups is 1. The Labute approximate surface area is 195 Å². The number of unbranched alkanes of at least 4 members (excludes halogenated alkanes) is 1. The van der Waals surface area contributed by atoms with E-state index in [9.17, 15) is 9.59 Å². The van der Waals surface area contributed by atoms with Crippen LogP contribution in [0, 0.1) is 6.92 Å². The lowest BCUT2D eigenvalue weighted by molar-refractivity contribution is 0.0649. The maximum absolute atomic E-state index is 12.9. The largest absolute Gasteiger partial charge is 0.495 e. The molecule has 0 bridgehead atoms. The third kappa shape index (κ3) is 4.80. The van der Waals surface area contributed by atoms with E-state index < -0.39 is 0 Å². The van der Waals surface area contributed by atoms with Gasteiger partial charge in [-0.15, -0.1) is 0 Å². The van der Waals surface area contributed by atoms with Crippen molar-refractivity contribution in [2.24, 2.45) is 0 Å². The number of hydrogen-bond acceptors (Lipinski definition) is 7.